The van der Waals surface area contributed by atoms with Gasteiger partial charge in [-0.15, -0.1) is 0 Å². The molecule has 1 aromatic rings. The van der Waals surface area contributed by atoms with Crippen LogP contribution >= 0.6 is 0 Å². The third-order valence-electron chi connectivity index (χ3n) is 6.28. The largest absolute Gasteiger partial charge is 0.343 e. The second-order valence-corrected chi connectivity index (χ2v) is 8.17. The predicted octanol–water partition coefficient (Wildman–Crippen LogP) is 3.91. The number of nitrogens with zero attached hydrogens (tertiary/aromatic N) is 2. The van der Waals surface area contributed by atoms with Crippen molar-refractivity contribution in [2.75, 3.05) is 19.6 Å². The van der Waals surface area contributed by atoms with Gasteiger partial charge in [0.05, 0.1) is 11.8 Å². The molecule has 0 radical (unpaired) electrons. The summed E-state index contributed by atoms with van der Waals surface area (Å²) in [5.74, 6) is 0.341. The maximum Gasteiger partial charge on any atom is 0.242 e. The zero-order valence-corrected chi connectivity index (χ0v) is 17.4. The van der Waals surface area contributed by atoms with E-state index < -0.39 is 5.41 Å². The van der Waals surface area contributed by atoms with Crippen molar-refractivity contribution in [2.45, 2.75) is 44.9 Å². The van der Waals surface area contributed by atoms with Crippen molar-refractivity contribution in [1.29, 1.82) is 5.41 Å². The van der Waals surface area contributed by atoms with E-state index in [-0.39, 0.29) is 11.8 Å². The van der Waals surface area contributed by atoms with Crippen LogP contribution < -0.4 is 0 Å². The van der Waals surface area contributed by atoms with Crippen molar-refractivity contribution in [3.8, 4) is 0 Å². The number of carbonyl (C=O) groups is 2. The summed E-state index contributed by atoms with van der Waals surface area (Å²) in [4.78, 5) is 28.8. The SMILES string of the molecule is CC(=O)N1CCC(CN(C=N)C(=O)C(C)(C2=CCCC=C2)c2ccccc2)CC1. The summed E-state index contributed by atoms with van der Waals surface area (Å²) in [6.07, 6.45) is 11.1. The molecular formula is C24H31N3O2. The molecule has 29 heavy (non-hydrogen) atoms. The molecule has 1 fully saturated rings. The van der Waals surface area contributed by atoms with Gasteiger partial charge in [0.2, 0.25) is 11.8 Å². The molecule has 1 aliphatic heterocycles. The highest BCUT2D eigenvalue weighted by Gasteiger charge is 2.41. The van der Waals surface area contributed by atoms with Crippen LogP contribution in [-0.2, 0) is 15.0 Å². The molecular weight excluding hydrogens is 362 g/mol. The van der Waals surface area contributed by atoms with E-state index in [2.05, 4.69) is 18.2 Å². The number of rotatable bonds is 6. The molecule has 2 amide bonds. The van der Waals surface area contributed by atoms with E-state index in [0.717, 1.165) is 49.9 Å². The zero-order valence-electron chi connectivity index (χ0n) is 17.4. The summed E-state index contributed by atoms with van der Waals surface area (Å²) in [6.45, 7) is 5.55. The van der Waals surface area contributed by atoms with Gasteiger partial charge in [0.25, 0.3) is 0 Å². The molecule has 1 unspecified atom stereocenters. The average molecular weight is 394 g/mol. The van der Waals surface area contributed by atoms with Gasteiger partial charge in [-0.25, -0.2) is 0 Å². The number of piperidine rings is 1. The molecule has 1 aromatic carbocycles. The molecule has 2 aliphatic rings. The van der Waals surface area contributed by atoms with Gasteiger partial charge in [0, 0.05) is 26.6 Å². The molecule has 154 valence electrons. The normalized spacial score (nSPS) is 19.2. The van der Waals surface area contributed by atoms with Crippen LogP contribution in [0.15, 0.2) is 54.1 Å². The van der Waals surface area contributed by atoms with Gasteiger partial charge >= 0.3 is 0 Å². The Kier molecular flexibility index (Phi) is 6.68. The van der Waals surface area contributed by atoms with E-state index in [1.807, 2.05) is 42.2 Å². The van der Waals surface area contributed by atoms with Gasteiger partial charge in [-0.3, -0.25) is 15.0 Å². The highest BCUT2D eigenvalue weighted by molar-refractivity contribution is 5.98. The maximum absolute atomic E-state index is 13.8. The number of nitrogens with one attached hydrogen (secondary N) is 1. The van der Waals surface area contributed by atoms with Gasteiger partial charge in [-0.05, 0) is 49.7 Å². The minimum absolute atomic E-state index is 0.0644. The summed E-state index contributed by atoms with van der Waals surface area (Å²) >= 11 is 0. The Balaban J connectivity index is 1.83. The third-order valence-corrected chi connectivity index (χ3v) is 6.28. The monoisotopic (exact) mass is 393 g/mol. The first kappa shape index (κ1) is 21.0. The number of likely N-dealkylation sites (tertiary alicyclic amines) is 1. The molecule has 5 heteroatoms. The second kappa shape index (κ2) is 9.21. The van der Waals surface area contributed by atoms with Gasteiger partial charge in [0.15, 0.2) is 0 Å². The lowest BCUT2D eigenvalue weighted by Crippen LogP contribution is -2.48. The number of allylic oxidation sites excluding steroid dienone is 3. The van der Waals surface area contributed by atoms with Gasteiger partial charge in [0.1, 0.15) is 0 Å². The Hall–Kier alpha value is -2.69. The number of hydrogen-bond acceptors (Lipinski definition) is 3. The Bertz CT molecular complexity index is 807. The fourth-order valence-corrected chi connectivity index (χ4v) is 4.36. The zero-order chi connectivity index (χ0) is 20.9. The second-order valence-electron chi connectivity index (χ2n) is 8.17. The van der Waals surface area contributed by atoms with Gasteiger partial charge < -0.3 is 9.80 Å². The first-order valence-electron chi connectivity index (χ1n) is 10.5. The van der Waals surface area contributed by atoms with Crippen LogP contribution in [0.2, 0.25) is 0 Å². The quantitative estimate of drug-likeness (QED) is 0.588. The Morgan fingerprint density at radius 1 is 1.21 bits per heavy atom. The van der Waals surface area contributed by atoms with E-state index in [1.165, 1.54) is 6.34 Å². The Labute approximate surface area is 173 Å². The highest BCUT2D eigenvalue weighted by atomic mass is 16.2. The molecule has 0 spiro atoms. The number of amides is 2. The van der Waals surface area contributed by atoms with E-state index >= 15 is 0 Å². The van der Waals surface area contributed by atoms with Crippen LogP contribution in [0, 0.1) is 11.3 Å². The van der Waals surface area contributed by atoms with Gasteiger partial charge in [-0.1, -0.05) is 48.6 Å². The predicted molar refractivity (Wildman–Crippen MR) is 116 cm³/mol. The molecule has 3 rings (SSSR count). The summed E-state index contributed by atoms with van der Waals surface area (Å²) in [6, 6.07) is 9.86. The Morgan fingerprint density at radius 2 is 1.90 bits per heavy atom. The molecule has 0 aromatic heterocycles. The number of hydrogen-bond donors (Lipinski definition) is 1. The standard InChI is InChI=1S/C24H31N3O2/c1-19(28)26-15-13-20(14-16-26)17-27(18-25)23(29)24(2,21-9-5-3-6-10-21)22-11-7-4-8-12-22/h3,5-7,9-12,18,20,25H,4,8,13-17H2,1-2H3. The minimum Gasteiger partial charge on any atom is -0.343 e. The fourth-order valence-electron chi connectivity index (χ4n) is 4.36. The van der Waals surface area contributed by atoms with E-state index in [9.17, 15) is 9.59 Å². The molecule has 1 N–H and O–H groups in total. The van der Waals surface area contributed by atoms with Crippen molar-refractivity contribution in [3.63, 3.8) is 0 Å². The van der Waals surface area contributed by atoms with E-state index in [0.29, 0.717) is 12.5 Å². The molecule has 1 aliphatic carbocycles. The van der Waals surface area contributed by atoms with Crippen molar-refractivity contribution in [2.24, 2.45) is 5.92 Å². The van der Waals surface area contributed by atoms with Crippen LogP contribution in [0.25, 0.3) is 0 Å². The van der Waals surface area contributed by atoms with Gasteiger partial charge in [-0.2, -0.15) is 0 Å². The molecule has 1 atom stereocenters. The molecule has 0 saturated carbocycles. The van der Waals surface area contributed by atoms with Crippen LogP contribution in [-0.4, -0.2) is 47.6 Å². The molecule has 1 saturated heterocycles. The first-order valence-corrected chi connectivity index (χ1v) is 10.5. The summed E-state index contributed by atoms with van der Waals surface area (Å²) in [5, 5.41) is 7.95. The molecule has 1 heterocycles. The first-order chi connectivity index (χ1) is 14.0. The summed E-state index contributed by atoms with van der Waals surface area (Å²) in [7, 11) is 0. The minimum atomic E-state index is -0.824. The van der Waals surface area contributed by atoms with Crippen LogP contribution in [0.1, 0.15) is 45.1 Å². The third kappa shape index (κ3) is 4.50. The van der Waals surface area contributed by atoms with E-state index in [4.69, 9.17) is 5.41 Å². The van der Waals surface area contributed by atoms with Crippen molar-refractivity contribution < 1.29 is 9.59 Å². The lowest BCUT2D eigenvalue weighted by molar-refractivity contribution is -0.133. The molecule has 5 nitrogen and oxygen atoms in total. The topological polar surface area (TPSA) is 64.5 Å². The number of benzene rings is 1. The van der Waals surface area contributed by atoms with Crippen molar-refractivity contribution >= 4 is 18.2 Å². The van der Waals surface area contributed by atoms with Crippen LogP contribution in [0.4, 0.5) is 0 Å². The van der Waals surface area contributed by atoms with E-state index in [1.54, 1.807) is 11.8 Å². The Morgan fingerprint density at radius 3 is 2.45 bits per heavy atom. The van der Waals surface area contributed by atoms with Crippen LogP contribution in [0.5, 0.6) is 0 Å². The lowest BCUT2D eigenvalue weighted by Gasteiger charge is -2.38. The van der Waals surface area contributed by atoms with Crippen molar-refractivity contribution in [1.82, 2.24) is 9.80 Å². The highest BCUT2D eigenvalue weighted by Crippen LogP contribution is 2.37. The summed E-state index contributed by atoms with van der Waals surface area (Å²) < 4.78 is 0. The fraction of sp³-hybridized carbons (Fsp3) is 0.458. The number of carbonyl (C=O) groups excluding carboxylic acids is 2. The summed E-state index contributed by atoms with van der Waals surface area (Å²) in [5.41, 5.74) is 1.12. The molecule has 0 bridgehead atoms. The smallest absolute Gasteiger partial charge is 0.242 e. The van der Waals surface area contributed by atoms with Crippen LogP contribution in [0.3, 0.4) is 0 Å². The maximum atomic E-state index is 13.8. The van der Waals surface area contributed by atoms with Crippen molar-refractivity contribution in [3.05, 3.63) is 59.7 Å². The average Bonchev–Trinajstić information content (AvgIpc) is 2.78. The lowest BCUT2D eigenvalue weighted by atomic mass is 9.73.